The summed E-state index contributed by atoms with van der Waals surface area (Å²) in [6.07, 6.45) is 3.65. The van der Waals surface area contributed by atoms with E-state index in [4.69, 9.17) is 11.6 Å². The Hall–Kier alpha value is -2.11. The summed E-state index contributed by atoms with van der Waals surface area (Å²) in [7, 11) is 0. The third-order valence-corrected chi connectivity index (χ3v) is 4.34. The highest BCUT2D eigenvalue weighted by Crippen LogP contribution is 2.15. The molecule has 3 rings (SSSR count). The summed E-state index contributed by atoms with van der Waals surface area (Å²) < 4.78 is 2.77. The van der Waals surface area contributed by atoms with Gasteiger partial charge in [0.15, 0.2) is 0 Å². The Kier molecular flexibility index (Phi) is 5.33. The van der Waals surface area contributed by atoms with Crippen LogP contribution < -0.4 is 5.32 Å². The Morgan fingerprint density at radius 2 is 1.92 bits per heavy atom. The van der Waals surface area contributed by atoms with Gasteiger partial charge >= 0.3 is 0 Å². The van der Waals surface area contributed by atoms with Crippen molar-refractivity contribution >= 4 is 33.4 Å². The maximum atomic E-state index is 12.2. The lowest BCUT2D eigenvalue weighted by Gasteiger charge is -2.08. The first-order chi connectivity index (χ1) is 11.6. The van der Waals surface area contributed by atoms with Crippen LogP contribution in [0.2, 0.25) is 5.02 Å². The van der Waals surface area contributed by atoms with Crippen LogP contribution in [0.25, 0.3) is 0 Å². The molecule has 0 spiro atoms. The summed E-state index contributed by atoms with van der Waals surface area (Å²) >= 11 is 9.46. The lowest BCUT2D eigenvalue weighted by atomic mass is 10.1. The maximum Gasteiger partial charge on any atom is 0.251 e. The Bertz CT molecular complexity index is 845. The maximum absolute atomic E-state index is 12.2. The van der Waals surface area contributed by atoms with Gasteiger partial charge in [0.1, 0.15) is 0 Å². The average Bonchev–Trinajstić information content (AvgIpc) is 2.99. The predicted octanol–water partition coefficient (Wildman–Crippen LogP) is 4.28. The number of amides is 1. The van der Waals surface area contributed by atoms with E-state index < -0.39 is 0 Å². The monoisotopic (exact) mass is 403 g/mol. The van der Waals surface area contributed by atoms with E-state index in [0.717, 1.165) is 15.6 Å². The normalized spacial score (nSPS) is 10.6. The topological polar surface area (TPSA) is 46.9 Å². The molecule has 0 aliphatic rings. The number of benzene rings is 2. The molecule has 0 atom stereocenters. The summed E-state index contributed by atoms with van der Waals surface area (Å²) in [6.45, 7) is 1.06. The molecule has 24 heavy (non-hydrogen) atoms. The number of nitrogens with zero attached hydrogens (tertiary/aromatic N) is 2. The van der Waals surface area contributed by atoms with Crippen molar-refractivity contribution in [2.24, 2.45) is 0 Å². The highest BCUT2D eigenvalue weighted by molar-refractivity contribution is 9.10. The zero-order valence-electron chi connectivity index (χ0n) is 12.7. The van der Waals surface area contributed by atoms with E-state index >= 15 is 0 Å². The number of nitrogens with one attached hydrogen (secondary N) is 1. The fraction of sp³-hybridized carbons (Fsp3) is 0.111. The van der Waals surface area contributed by atoms with Gasteiger partial charge in [-0.1, -0.05) is 41.9 Å². The molecular weight excluding hydrogens is 390 g/mol. The third-order valence-electron chi connectivity index (χ3n) is 3.56. The second-order valence-corrected chi connectivity index (χ2v) is 6.65. The molecule has 1 amide bonds. The van der Waals surface area contributed by atoms with E-state index in [-0.39, 0.29) is 5.91 Å². The molecular formula is C18H15BrClN3O. The SMILES string of the molecule is O=C(NCc1ccccc1Cl)c1ccc(Cn2cc(Br)cn2)cc1. The first kappa shape index (κ1) is 16.7. The summed E-state index contributed by atoms with van der Waals surface area (Å²) in [5.41, 5.74) is 2.59. The largest absolute Gasteiger partial charge is 0.348 e. The van der Waals surface area contributed by atoms with Crippen LogP contribution in [0.15, 0.2) is 65.4 Å². The van der Waals surface area contributed by atoms with Gasteiger partial charge in [-0.25, -0.2) is 0 Å². The third kappa shape index (κ3) is 4.24. The highest BCUT2D eigenvalue weighted by atomic mass is 79.9. The molecule has 4 nitrogen and oxygen atoms in total. The van der Waals surface area contributed by atoms with Crippen molar-refractivity contribution in [3.63, 3.8) is 0 Å². The lowest BCUT2D eigenvalue weighted by Crippen LogP contribution is -2.22. The molecule has 6 heteroatoms. The number of aromatic nitrogens is 2. The average molecular weight is 405 g/mol. The first-order valence-corrected chi connectivity index (χ1v) is 8.57. The highest BCUT2D eigenvalue weighted by Gasteiger charge is 2.07. The minimum Gasteiger partial charge on any atom is -0.348 e. The van der Waals surface area contributed by atoms with Crippen LogP contribution in [0.3, 0.4) is 0 Å². The zero-order chi connectivity index (χ0) is 16.9. The van der Waals surface area contributed by atoms with E-state index in [0.29, 0.717) is 23.7 Å². The van der Waals surface area contributed by atoms with Crippen molar-refractivity contribution in [1.29, 1.82) is 0 Å². The molecule has 0 bridgehead atoms. The van der Waals surface area contributed by atoms with Crippen LogP contribution >= 0.6 is 27.5 Å². The van der Waals surface area contributed by atoms with E-state index in [9.17, 15) is 4.79 Å². The molecule has 1 heterocycles. The Labute approximate surface area is 153 Å². The quantitative estimate of drug-likeness (QED) is 0.690. The van der Waals surface area contributed by atoms with Gasteiger partial charge in [0, 0.05) is 23.3 Å². The van der Waals surface area contributed by atoms with Gasteiger partial charge in [-0.05, 0) is 45.3 Å². The van der Waals surface area contributed by atoms with Crippen molar-refractivity contribution in [2.45, 2.75) is 13.1 Å². The number of hydrogen-bond acceptors (Lipinski definition) is 2. The number of carbonyl (C=O) groups is 1. The van der Waals surface area contributed by atoms with Gasteiger partial charge in [0.05, 0.1) is 17.2 Å². The molecule has 2 aromatic carbocycles. The predicted molar refractivity (Wildman–Crippen MR) is 98.1 cm³/mol. The molecule has 0 radical (unpaired) electrons. The molecule has 122 valence electrons. The summed E-state index contributed by atoms with van der Waals surface area (Å²) in [4.78, 5) is 12.2. The van der Waals surface area contributed by atoms with Gasteiger partial charge in [-0.2, -0.15) is 5.10 Å². The van der Waals surface area contributed by atoms with Gasteiger partial charge in [0.25, 0.3) is 5.91 Å². The van der Waals surface area contributed by atoms with Crippen molar-refractivity contribution < 1.29 is 4.79 Å². The number of halogens is 2. The first-order valence-electron chi connectivity index (χ1n) is 7.40. The van der Waals surface area contributed by atoms with Crippen molar-refractivity contribution in [3.05, 3.63) is 87.1 Å². The minimum atomic E-state index is -0.122. The van der Waals surface area contributed by atoms with Crippen LogP contribution in [0, 0.1) is 0 Å². The van der Waals surface area contributed by atoms with Gasteiger partial charge in [-0.15, -0.1) is 0 Å². The molecule has 0 aliphatic heterocycles. The Balaban J connectivity index is 1.60. The van der Waals surface area contributed by atoms with Crippen LogP contribution in [0.5, 0.6) is 0 Å². The lowest BCUT2D eigenvalue weighted by molar-refractivity contribution is 0.0951. The zero-order valence-corrected chi connectivity index (χ0v) is 15.1. The van der Waals surface area contributed by atoms with Gasteiger partial charge < -0.3 is 5.32 Å². The van der Waals surface area contributed by atoms with Crippen LogP contribution in [-0.2, 0) is 13.1 Å². The minimum absolute atomic E-state index is 0.122. The van der Waals surface area contributed by atoms with Gasteiger partial charge in [0.2, 0.25) is 0 Å². The molecule has 0 saturated carbocycles. The number of rotatable bonds is 5. The molecule has 0 aliphatic carbocycles. The summed E-state index contributed by atoms with van der Waals surface area (Å²) in [5.74, 6) is -0.122. The molecule has 3 aromatic rings. The number of hydrogen-bond donors (Lipinski definition) is 1. The van der Waals surface area contributed by atoms with Crippen LogP contribution in [-0.4, -0.2) is 15.7 Å². The molecule has 0 saturated heterocycles. The van der Waals surface area contributed by atoms with E-state index in [1.54, 1.807) is 6.20 Å². The number of carbonyl (C=O) groups excluding carboxylic acids is 1. The van der Waals surface area contributed by atoms with Crippen LogP contribution in [0.4, 0.5) is 0 Å². The van der Waals surface area contributed by atoms with E-state index in [1.807, 2.05) is 59.4 Å². The second kappa shape index (κ2) is 7.64. The van der Waals surface area contributed by atoms with Crippen molar-refractivity contribution in [3.8, 4) is 0 Å². The fourth-order valence-electron chi connectivity index (χ4n) is 2.29. The molecule has 1 aromatic heterocycles. The van der Waals surface area contributed by atoms with E-state index in [2.05, 4.69) is 26.3 Å². The summed E-state index contributed by atoms with van der Waals surface area (Å²) in [6, 6.07) is 15.0. The smallest absolute Gasteiger partial charge is 0.251 e. The van der Waals surface area contributed by atoms with Crippen molar-refractivity contribution in [1.82, 2.24) is 15.1 Å². The Morgan fingerprint density at radius 1 is 1.17 bits per heavy atom. The van der Waals surface area contributed by atoms with E-state index in [1.165, 1.54) is 0 Å². The van der Waals surface area contributed by atoms with Crippen molar-refractivity contribution in [2.75, 3.05) is 0 Å². The molecule has 0 unspecified atom stereocenters. The van der Waals surface area contributed by atoms with Gasteiger partial charge in [-0.3, -0.25) is 9.48 Å². The fourth-order valence-corrected chi connectivity index (χ4v) is 2.82. The molecule has 1 N–H and O–H groups in total. The Morgan fingerprint density at radius 3 is 2.58 bits per heavy atom. The van der Waals surface area contributed by atoms with Crippen LogP contribution in [0.1, 0.15) is 21.5 Å². The molecule has 0 fully saturated rings. The standard InChI is InChI=1S/C18H15BrClN3O/c19-16-10-22-23(12-16)11-13-5-7-14(8-6-13)18(24)21-9-15-3-1-2-4-17(15)20/h1-8,10,12H,9,11H2,(H,21,24). The summed E-state index contributed by atoms with van der Waals surface area (Å²) in [5, 5.41) is 7.75. The second-order valence-electron chi connectivity index (χ2n) is 5.33.